The maximum atomic E-state index is 6.52. The Balaban J connectivity index is 0.947. The van der Waals surface area contributed by atoms with Gasteiger partial charge in [0.15, 0.2) is 0 Å². The largest absolute Gasteiger partial charge is 0.456 e. The molecule has 0 radical (unpaired) electrons. The molecule has 12 rings (SSSR count). The highest BCUT2D eigenvalue weighted by Crippen LogP contribution is 2.43. The van der Waals surface area contributed by atoms with Crippen molar-refractivity contribution in [2.45, 2.75) is 13.3 Å². The van der Waals surface area contributed by atoms with Crippen LogP contribution in [0.1, 0.15) is 13.3 Å². The molecule has 2 heterocycles. The van der Waals surface area contributed by atoms with E-state index in [1.807, 2.05) is 0 Å². The molecule has 3 nitrogen and oxygen atoms in total. The normalized spacial score (nSPS) is 14.0. The maximum absolute atomic E-state index is 6.52. The van der Waals surface area contributed by atoms with Crippen LogP contribution in [-0.4, -0.2) is 4.57 Å². The van der Waals surface area contributed by atoms with Crippen molar-refractivity contribution >= 4 is 77.3 Å². The predicted molar refractivity (Wildman–Crippen MR) is 262 cm³/mol. The fourth-order valence-corrected chi connectivity index (χ4v) is 9.68. The summed E-state index contributed by atoms with van der Waals surface area (Å²) in [5.74, 6) is 0.516. The molecule has 0 amide bonds. The molecule has 9 aromatic carbocycles. The van der Waals surface area contributed by atoms with Crippen LogP contribution in [0.25, 0.3) is 93.6 Å². The van der Waals surface area contributed by atoms with Crippen molar-refractivity contribution in [1.29, 1.82) is 0 Å². The Kier molecular flexibility index (Phi) is 8.53. The van der Waals surface area contributed by atoms with E-state index in [0.29, 0.717) is 5.92 Å². The van der Waals surface area contributed by atoms with Gasteiger partial charge >= 0.3 is 0 Å². The third-order valence-corrected chi connectivity index (χ3v) is 12.7. The second-order valence-corrected chi connectivity index (χ2v) is 16.6. The number of allylic oxidation sites excluding steroid dienone is 4. The van der Waals surface area contributed by atoms with Crippen molar-refractivity contribution in [3.05, 3.63) is 218 Å². The number of benzene rings is 9. The van der Waals surface area contributed by atoms with Gasteiger partial charge in [0.25, 0.3) is 0 Å². The van der Waals surface area contributed by atoms with E-state index in [4.69, 9.17) is 4.42 Å². The van der Waals surface area contributed by atoms with E-state index in [-0.39, 0.29) is 0 Å². The Hall–Kier alpha value is -7.88. The van der Waals surface area contributed by atoms with E-state index in [1.54, 1.807) is 0 Å². The van der Waals surface area contributed by atoms with E-state index >= 15 is 0 Å². The Morgan fingerprint density at radius 1 is 0.452 bits per heavy atom. The third kappa shape index (κ3) is 6.13. The molecule has 62 heavy (non-hydrogen) atoms. The second-order valence-electron chi connectivity index (χ2n) is 16.6. The molecule has 0 spiro atoms. The smallest absolute Gasteiger partial charge is 0.135 e. The lowest BCUT2D eigenvalue weighted by molar-refractivity contribution is 0.669. The van der Waals surface area contributed by atoms with Gasteiger partial charge in [-0.05, 0) is 130 Å². The Morgan fingerprint density at radius 2 is 1.03 bits per heavy atom. The molecule has 11 aromatic rings. The quantitative estimate of drug-likeness (QED) is 0.160. The van der Waals surface area contributed by atoms with Crippen molar-refractivity contribution in [2.75, 3.05) is 4.90 Å². The molecule has 1 aliphatic rings. The third-order valence-electron chi connectivity index (χ3n) is 12.7. The van der Waals surface area contributed by atoms with Gasteiger partial charge in [0.2, 0.25) is 0 Å². The zero-order valence-electron chi connectivity index (χ0n) is 34.4. The summed E-state index contributed by atoms with van der Waals surface area (Å²) in [6.07, 6.45) is 7.80. The zero-order chi connectivity index (χ0) is 41.1. The second kappa shape index (κ2) is 14.7. The lowest BCUT2D eigenvalue weighted by Gasteiger charge is -2.27. The number of hydrogen-bond acceptors (Lipinski definition) is 2. The maximum Gasteiger partial charge on any atom is 0.135 e. The first-order valence-corrected chi connectivity index (χ1v) is 21.5. The van der Waals surface area contributed by atoms with Gasteiger partial charge in [-0.2, -0.15) is 0 Å². The first-order valence-electron chi connectivity index (χ1n) is 21.5. The van der Waals surface area contributed by atoms with Crippen LogP contribution in [0.4, 0.5) is 17.1 Å². The molecule has 294 valence electrons. The molecular weight excluding hydrogens is 753 g/mol. The van der Waals surface area contributed by atoms with Crippen molar-refractivity contribution in [3.8, 4) is 33.4 Å². The van der Waals surface area contributed by atoms with Crippen LogP contribution in [0.5, 0.6) is 0 Å². The van der Waals surface area contributed by atoms with E-state index in [9.17, 15) is 0 Å². The fraction of sp³-hybridized carbons (Fsp3) is 0.0508. The first-order chi connectivity index (χ1) is 30.6. The average Bonchev–Trinajstić information content (AvgIpc) is 3.87. The Bertz CT molecular complexity index is 3560. The molecule has 3 heteroatoms. The van der Waals surface area contributed by atoms with E-state index in [1.165, 1.54) is 66.1 Å². The SMILES string of the molecule is CC1C=CC=C(n2c3ccccc3c3cc(-c4cccc(-c5ccc6oc7ccc(N(c8ccc(-c9ccccc9)cc8)c8cccc9ccccc89)cc7c6c5)c4)ccc32)C1. The van der Waals surface area contributed by atoms with Crippen molar-refractivity contribution in [2.24, 2.45) is 5.92 Å². The van der Waals surface area contributed by atoms with Crippen LogP contribution < -0.4 is 4.90 Å². The van der Waals surface area contributed by atoms with Gasteiger partial charge in [-0.25, -0.2) is 0 Å². The molecule has 0 fully saturated rings. The minimum atomic E-state index is 0.516. The molecule has 1 aliphatic carbocycles. The number of fused-ring (bicyclic) bond motifs is 7. The van der Waals surface area contributed by atoms with Gasteiger partial charge in [0.1, 0.15) is 11.2 Å². The fourth-order valence-electron chi connectivity index (χ4n) is 9.68. The molecule has 0 aliphatic heterocycles. The summed E-state index contributed by atoms with van der Waals surface area (Å²) >= 11 is 0. The minimum absolute atomic E-state index is 0.516. The summed E-state index contributed by atoms with van der Waals surface area (Å²) in [5.41, 5.74) is 16.0. The molecule has 2 aromatic heterocycles. The molecule has 0 bridgehead atoms. The Labute approximate surface area is 360 Å². The van der Waals surface area contributed by atoms with Gasteiger partial charge in [0.05, 0.1) is 16.7 Å². The van der Waals surface area contributed by atoms with E-state index in [0.717, 1.165) is 51.0 Å². The summed E-state index contributed by atoms with van der Waals surface area (Å²) in [6, 6.07) is 72.6. The van der Waals surface area contributed by atoms with Crippen LogP contribution >= 0.6 is 0 Å². The van der Waals surface area contributed by atoms with Crippen LogP contribution in [0.15, 0.2) is 223 Å². The van der Waals surface area contributed by atoms with E-state index in [2.05, 4.69) is 235 Å². The number of para-hydroxylation sites is 1. The van der Waals surface area contributed by atoms with Gasteiger partial charge in [-0.15, -0.1) is 0 Å². The number of anilines is 3. The lowest BCUT2D eigenvalue weighted by atomic mass is 9.97. The first kappa shape index (κ1) is 36.0. The van der Waals surface area contributed by atoms with Gasteiger partial charge in [-0.3, -0.25) is 0 Å². The summed E-state index contributed by atoms with van der Waals surface area (Å²) in [4.78, 5) is 2.38. The van der Waals surface area contributed by atoms with Gasteiger partial charge in [-0.1, -0.05) is 146 Å². The molecule has 1 unspecified atom stereocenters. The standard InChI is InChI=1S/C59H42N2O/c1-39-12-9-19-48(34-39)61-56-22-8-7-21-51(56)52-36-45(26-31-57(52)61)43-17-10-18-44(35-43)46-27-32-58-53(37-46)54-38-49(30-33-59(54)62-58)60(55-23-11-16-42-15-5-6-20-50(42)55)47-28-24-41(25-29-47)40-13-3-2-4-14-40/h2-33,35-39H,34H2,1H3. The molecule has 0 saturated carbocycles. The molecule has 0 N–H and O–H groups in total. The molecular formula is C59H42N2O. The highest BCUT2D eigenvalue weighted by Gasteiger charge is 2.20. The lowest BCUT2D eigenvalue weighted by Crippen LogP contribution is -2.10. The topological polar surface area (TPSA) is 21.3 Å². The number of aromatic nitrogens is 1. The monoisotopic (exact) mass is 794 g/mol. The minimum Gasteiger partial charge on any atom is -0.456 e. The van der Waals surface area contributed by atoms with Crippen LogP contribution in [0.2, 0.25) is 0 Å². The molecule has 1 atom stereocenters. The predicted octanol–water partition coefficient (Wildman–Crippen LogP) is 16.8. The highest BCUT2D eigenvalue weighted by atomic mass is 16.3. The summed E-state index contributed by atoms with van der Waals surface area (Å²) in [7, 11) is 0. The van der Waals surface area contributed by atoms with Crippen molar-refractivity contribution < 1.29 is 4.42 Å². The Morgan fingerprint density at radius 3 is 1.85 bits per heavy atom. The van der Waals surface area contributed by atoms with Crippen LogP contribution in [0.3, 0.4) is 0 Å². The number of furan rings is 1. The number of rotatable bonds is 7. The van der Waals surface area contributed by atoms with Crippen LogP contribution in [0, 0.1) is 5.92 Å². The highest BCUT2D eigenvalue weighted by molar-refractivity contribution is 6.12. The molecule has 0 saturated heterocycles. The average molecular weight is 795 g/mol. The van der Waals surface area contributed by atoms with Crippen molar-refractivity contribution in [3.63, 3.8) is 0 Å². The number of hydrogen-bond donors (Lipinski definition) is 0. The number of nitrogens with zero attached hydrogens (tertiary/aromatic N) is 2. The summed E-state index contributed by atoms with van der Waals surface area (Å²) < 4.78 is 8.98. The van der Waals surface area contributed by atoms with Crippen molar-refractivity contribution in [1.82, 2.24) is 4.57 Å². The summed E-state index contributed by atoms with van der Waals surface area (Å²) in [6.45, 7) is 2.29. The van der Waals surface area contributed by atoms with Gasteiger partial charge in [0, 0.05) is 44.0 Å². The van der Waals surface area contributed by atoms with E-state index < -0.39 is 0 Å². The summed E-state index contributed by atoms with van der Waals surface area (Å²) in [5, 5.41) is 7.13. The van der Waals surface area contributed by atoms with Crippen LogP contribution in [-0.2, 0) is 0 Å². The van der Waals surface area contributed by atoms with Gasteiger partial charge < -0.3 is 13.9 Å². The zero-order valence-corrected chi connectivity index (χ0v) is 34.4.